The SMILES string of the molecule is CC[C@H]1CC12CC(=O)N([C@@H](CC)[NH+]=O)C2. The highest BCUT2D eigenvalue weighted by atomic mass is 16.3. The second-order valence-corrected chi connectivity index (χ2v) is 4.91. The molecular formula is C11H19N2O2+. The van der Waals surface area contributed by atoms with Crippen molar-refractivity contribution in [1.29, 1.82) is 0 Å². The lowest BCUT2D eigenvalue weighted by atomic mass is 10.0. The molecule has 0 radical (unpaired) electrons. The fourth-order valence-corrected chi connectivity index (χ4v) is 2.96. The quantitative estimate of drug-likeness (QED) is 0.723. The van der Waals surface area contributed by atoms with Crippen LogP contribution in [0.3, 0.4) is 0 Å². The zero-order valence-corrected chi connectivity index (χ0v) is 9.45. The molecule has 4 nitrogen and oxygen atoms in total. The predicted octanol–water partition coefficient (Wildman–Crippen LogP) is 0.218. The monoisotopic (exact) mass is 211 g/mol. The molecule has 2 fully saturated rings. The van der Waals surface area contributed by atoms with Gasteiger partial charge in [0, 0.05) is 34.9 Å². The Morgan fingerprint density at radius 2 is 2.33 bits per heavy atom. The van der Waals surface area contributed by atoms with Gasteiger partial charge in [-0.15, -0.1) is 0 Å². The summed E-state index contributed by atoms with van der Waals surface area (Å²) < 4.78 is 0. The third kappa shape index (κ3) is 1.56. The summed E-state index contributed by atoms with van der Waals surface area (Å²) in [6.07, 6.45) is 3.35. The summed E-state index contributed by atoms with van der Waals surface area (Å²) in [5.74, 6) is 0.858. The lowest BCUT2D eigenvalue weighted by Crippen LogP contribution is -2.78. The predicted molar refractivity (Wildman–Crippen MR) is 55.6 cm³/mol. The van der Waals surface area contributed by atoms with Crippen molar-refractivity contribution in [3.05, 3.63) is 4.91 Å². The molecule has 1 saturated heterocycles. The molecule has 1 amide bonds. The smallest absolute Gasteiger partial charge is 0.275 e. The van der Waals surface area contributed by atoms with E-state index in [1.54, 1.807) is 4.90 Å². The molecule has 1 N–H and O–H groups in total. The highest BCUT2D eigenvalue weighted by molar-refractivity contribution is 5.80. The maximum absolute atomic E-state index is 11.8. The van der Waals surface area contributed by atoms with Crippen LogP contribution in [0.2, 0.25) is 0 Å². The van der Waals surface area contributed by atoms with E-state index in [1.165, 1.54) is 6.42 Å². The topological polar surface area (TPSA) is 51.4 Å². The fourth-order valence-electron chi connectivity index (χ4n) is 2.96. The number of carbonyl (C=O) groups excluding carboxylic acids is 1. The van der Waals surface area contributed by atoms with Crippen molar-refractivity contribution in [3.63, 3.8) is 0 Å². The Balaban J connectivity index is 2.05. The first-order chi connectivity index (χ1) is 7.16. The van der Waals surface area contributed by atoms with Crippen molar-refractivity contribution in [3.8, 4) is 0 Å². The minimum Gasteiger partial charge on any atom is -0.281 e. The summed E-state index contributed by atoms with van der Waals surface area (Å²) in [6.45, 7) is 4.89. The molecule has 1 aliphatic heterocycles. The molecule has 1 spiro atoms. The average molecular weight is 211 g/mol. The number of nitrogens with zero attached hydrogens (tertiary/aromatic N) is 1. The van der Waals surface area contributed by atoms with E-state index in [4.69, 9.17) is 0 Å². The maximum atomic E-state index is 11.8. The van der Waals surface area contributed by atoms with Gasteiger partial charge in [0.1, 0.15) is 0 Å². The van der Waals surface area contributed by atoms with Gasteiger partial charge in [0.2, 0.25) is 5.91 Å². The Bertz CT molecular complexity index is 292. The first kappa shape index (κ1) is 10.6. The standard InChI is InChI=1S/C11H18N2O2/c1-3-8-5-11(8)6-10(14)13(7-11)9(4-2)12-15/h8-9H,3-7H2,1-2H3/p+1/t8-,9-,11?/m0/s1. The second kappa shape index (κ2) is 3.58. The number of likely N-dealkylation sites (tertiary alicyclic amines) is 1. The van der Waals surface area contributed by atoms with E-state index >= 15 is 0 Å². The number of hydrogen-bond acceptors (Lipinski definition) is 2. The Hall–Kier alpha value is -0.930. The van der Waals surface area contributed by atoms with E-state index in [-0.39, 0.29) is 17.5 Å². The molecule has 3 atom stereocenters. The molecule has 2 aliphatic rings. The summed E-state index contributed by atoms with van der Waals surface area (Å²) in [6, 6.07) is 0. The number of rotatable bonds is 4. The Kier molecular flexibility index (Phi) is 2.52. The molecule has 84 valence electrons. The molecular weight excluding hydrogens is 192 g/mol. The summed E-state index contributed by atoms with van der Waals surface area (Å²) in [4.78, 5) is 24.3. The van der Waals surface area contributed by atoms with Gasteiger partial charge in [-0.3, -0.25) is 9.69 Å². The highest BCUT2D eigenvalue weighted by Crippen LogP contribution is 2.60. The third-order valence-electron chi connectivity index (χ3n) is 4.06. The van der Waals surface area contributed by atoms with Crippen LogP contribution in [0.4, 0.5) is 0 Å². The molecule has 1 saturated carbocycles. The van der Waals surface area contributed by atoms with E-state index < -0.39 is 0 Å². The molecule has 2 rings (SSSR count). The van der Waals surface area contributed by atoms with Crippen molar-refractivity contribution >= 4 is 5.91 Å². The number of hydrogen-bond donors (Lipinski definition) is 1. The van der Waals surface area contributed by atoms with Crippen LogP contribution in [-0.2, 0) is 4.79 Å². The van der Waals surface area contributed by atoms with Gasteiger partial charge in [-0.1, -0.05) is 20.3 Å². The van der Waals surface area contributed by atoms with E-state index in [2.05, 4.69) is 6.92 Å². The summed E-state index contributed by atoms with van der Waals surface area (Å²) >= 11 is 0. The second-order valence-electron chi connectivity index (χ2n) is 4.91. The van der Waals surface area contributed by atoms with E-state index in [1.807, 2.05) is 12.1 Å². The van der Waals surface area contributed by atoms with Crippen LogP contribution in [0.5, 0.6) is 0 Å². The van der Waals surface area contributed by atoms with Crippen LogP contribution in [0, 0.1) is 16.2 Å². The summed E-state index contributed by atoms with van der Waals surface area (Å²) in [5, 5.41) is 1.98. The van der Waals surface area contributed by atoms with Gasteiger partial charge in [0.05, 0.1) is 0 Å². The fraction of sp³-hybridized carbons (Fsp3) is 0.909. The lowest BCUT2D eigenvalue weighted by Gasteiger charge is -2.16. The Morgan fingerprint density at radius 1 is 1.60 bits per heavy atom. The molecule has 15 heavy (non-hydrogen) atoms. The summed E-state index contributed by atoms with van der Waals surface area (Å²) in [7, 11) is 0. The van der Waals surface area contributed by atoms with Crippen LogP contribution >= 0.6 is 0 Å². The van der Waals surface area contributed by atoms with Crippen molar-refractivity contribution in [2.24, 2.45) is 11.3 Å². The largest absolute Gasteiger partial charge is 0.281 e. The minimum atomic E-state index is -0.310. The zero-order chi connectivity index (χ0) is 11.1. The number of carbonyl (C=O) groups is 1. The van der Waals surface area contributed by atoms with Crippen molar-refractivity contribution in [2.45, 2.75) is 45.7 Å². The number of nitrogens with one attached hydrogen (secondary N) is 1. The van der Waals surface area contributed by atoms with Crippen molar-refractivity contribution < 1.29 is 9.97 Å². The van der Waals surface area contributed by atoms with E-state index in [9.17, 15) is 9.70 Å². The van der Waals surface area contributed by atoms with E-state index in [0.29, 0.717) is 18.8 Å². The molecule has 1 aliphatic carbocycles. The van der Waals surface area contributed by atoms with Crippen LogP contribution in [0.1, 0.15) is 39.5 Å². The van der Waals surface area contributed by atoms with Crippen LogP contribution < -0.4 is 5.18 Å². The molecule has 1 heterocycles. The summed E-state index contributed by atoms with van der Waals surface area (Å²) in [5.41, 5.74) is 0.232. The van der Waals surface area contributed by atoms with Crippen molar-refractivity contribution in [1.82, 2.24) is 4.90 Å². The van der Waals surface area contributed by atoms with Gasteiger partial charge in [0.15, 0.2) is 0 Å². The van der Waals surface area contributed by atoms with E-state index in [0.717, 1.165) is 13.0 Å². The third-order valence-corrected chi connectivity index (χ3v) is 4.06. The molecule has 0 aromatic heterocycles. The van der Waals surface area contributed by atoms with Gasteiger partial charge < -0.3 is 0 Å². The Labute approximate surface area is 90.0 Å². The van der Waals surface area contributed by atoms with Gasteiger partial charge in [-0.25, -0.2) is 0 Å². The van der Waals surface area contributed by atoms with Gasteiger partial charge in [-0.2, -0.15) is 0 Å². The van der Waals surface area contributed by atoms with Crippen molar-refractivity contribution in [2.75, 3.05) is 6.54 Å². The number of amides is 1. The van der Waals surface area contributed by atoms with Gasteiger partial charge >= 0.3 is 0 Å². The van der Waals surface area contributed by atoms with Crippen LogP contribution in [0.25, 0.3) is 0 Å². The minimum absolute atomic E-state index is 0.154. The Morgan fingerprint density at radius 3 is 2.80 bits per heavy atom. The highest BCUT2D eigenvalue weighted by Gasteiger charge is 2.60. The van der Waals surface area contributed by atoms with Gasteiger partial charge in [0.25, 0.3) is 6.17 Å². The average Bonchev–Trinajstić information content (AvgIpc) is 2.80. The molecule has 0 aromatic rings. The molecule has 4 heteroatoms. The molecule has 0 aromatic carbocycles. The zero-order valence-electron chi connectivity index (χ0n) is 9.45. The molecule has 0 bridgehead atoms. The first-order valence-corrected chi connectivity index (χ1v) is 5.84. The lowest BCUT2D eigenvalue weighted by molar-refractivity contribution is -0.550. The van der Waals surface area contributed by atoms with Gasteiger partial charge in [-0.05, 0) is 12.3 Å². The maximum Gasteiger partial charge on any atom is 0.275 e. The first-order valence-electron chi connectivity index (χ1n) is 5.84. The molecule has 1 unspecified atom stereocenters. The van der Waals surface area contributed by atoms with Crippen LogP contribution in [-0.4, -0.2) is 23.5 Å². The number of nitroso groups, excluding NO2 is 1. The van der Waals surface area contributed by atoms with Crippen LogP contribution in [0.15, 0.2) is 0 Å². The normalized spacial score (nSPS) is 36.0.